The molecule has 2 aromatic rings. The van der Waals surface area contributed by atoms with Crippen LogP contribution in [0.5, 0.6) is 0 Å². The third kappa shape index (κ3) is 3.68. The van der Waals surface area contributed by atoms with Gasteiger partial charge in [0.2, 0.25) is 0 Å². The van der Waals surface area contributed by atoms with E-state index in [4.69, 9.17) is 10.6 Å². The molecule has 20 heavy (non-hydrogen) atoms. The van der Waals surface area contributed by atoms with Crippen LogP contribution in [0.4, 0.5) is 0 Å². The summed E-state index contributed by atoms with van der Waals surface area (Å²) >= 11 is 3.29. The van der Waals surface area contributed by atoms with Crippen molar-refractivity contribution in [2.45, 2.75) is 6.92 Å². The first-order valence-electron chi connectivity index (χ1n) is 5.93. The van der Waals surface area contributed by atoms with Crippen molar-refractivity contribution in [2.75, 3.05) is 0 Å². The van der Waals surface area contributed by atoms with Gasteiger partial charge in [0, 0.05) is 10.0 Å². The Balaban J connectivity index is 2.08. The Kier molecular flexibility index (Phi) is 4.53. The lowest BCUT2D eigenvalue weighted by atomic mass is 10.1. The van der Waals surface area contributed by atoms with Gasteiger partial charge in [-0.15, -0.1) is 0 Å². The highest BCUT2D eigenvalue weighted by molar-refractivity contribution is 9.10. The molecule has 0 spiro atoms. The molecular formula is C15H13BrN2O2. The highest BCUT2D eigenvalue weighted by Crippen LogP contribution is 2.12. The summed E-state index contributed by atoms with van der Waals surface area (Å²) < 4.78 is 0.794. The molecule has 0 fully saturated rings. The summed E-state index contributed by atoms with van der Waals surface area (Å²) in [7, 11) is 0. The summed E-state index contributed by atoms with van der Waals surface area (Å²) in [5, 5.41) is 3.66. The van der Waals surface area contributed by atoms with E-state index in [2.05, 4.69) is 21.1 Å². The normalized spacial score (nSPS) is 11.2. The molecule has 2 N–H and O–H groups in total. The number of carbonyl (C=O) groups is 1. The van der Waals surface area contributed by atoms with Crippen LogP contribution >= 0.6 is 15.9 Å². The molecule has 0 saturated carbocycles. The Bertz CT molecular complexity index is 651. The summed E-state index contributed by atoms with van der Waals surface area (Å²) in [4.78, 5) is 16.6. The molecule has 0 aromatic heterocycles. The van der Waals surface area contributed by atoms with E-state index in [0.717, 1.165) is 10.0 Å². The number of rotatable bonds is 3. The fourth-order valence-electron chi connectivity index (χ4n) is 1.54. The van der Waals surface area contributed by atoms with E-state index in [1.807, 2.05) is 37.3 Å². The largest absolute Gasteiger partial charge is 0.380 e. The van der Waals surface area contributed by atoms with E-state index in [0.29, 0.717) is 11.1 Å². The van der Waals surface area contributed by atoms with Crippen molar-refractivity contribution < 1.29 is 9.63 Å². The summed E-state index contributed by atoms with van der Waals surface area (Å²) in [5.41, 5.74) is 7.99. The number of oxime groups is 1. The SMILES string of the molecule is Cc1ccc(C(N)=NOC(=O)c2cccc(Br)c2)cc1. The minimum Gasteiger partial charge on any atom is -0.380 e. The maximum Gasteiger partial charge on any atom is 0.365 e. The van der Waals surface area contributed by atoms with Crippen molar-refractivity contribution in [3.8, 4) is 0 Å². The number of nitrogens with zero attached hydrogens (tertiary/aromatic N) is 1. The van der Waals surface area contributed by atoms with Gasteiger partial charge in [-0.2, -0.15) is 0 Å². The fraction of sp³-hybridized carbons (Fsp3) is 0.0667. The molecule has 0 aliphatic rings. The molecule has 5 heteroatoms. The highest BCUT2D eigenvalue weighted by atomic mass is 79.9. The molecule has 2 rings (SSSR count). The first kappa shape index (κ1) is 14.3. The Morgan fingerprint density at radius 3 is 2.50 bits per heavy atom. The smallest absolute Gasteiger partial charge is 0.365 e. The molecule has 0 amide bonds. The van der Waals surface area contributed by atoms with E-state index >= 15 is 0 Å². The quantitative estimate of drug-likeness (QED) is 0.406. The summed E-state index contributed by atoms with van der Waals surface area (Å²) in [6, 6.07) is 14.3. The zero-order valence-corrected chi connectivity index (χ0v) is 12.4. The zero-order chi connectivity index (χ0) is 14.5. The van der Waals surface area contributed by atoms with E-state index < -0.39 is 5.97 Å². The second-order valence-corrected chi connectivity index (χ2v) is 5.15. The van der Waals surface area contributed by atoms with Gasteiger partial charge in [0.1, 0.15) is 0 Å². The number of hydrogen-bond acceptors (Lipinski definition) is 3. The van der Waals surface area contributed by atoms with Gasteiger partial charge in [-0.1, -0.05) is 57.0 Å². The van der Waals surface area contributed by atoms with Crippen LogP contribution in [0, 0.1) is 6.92 Å². The number of carbonyl (C=O) groups excluding carboxylic acids is 1. The van der Waals surface area contributed by atoms with E-state index in [9.17, 15) is 4.79 Å². The lowest BCUT2D eigenvalue weighted by molar-refractivity contribution is 0.0516. The van der Waals surface area contributed by atoms with Gasteiger partial charge in [0.15, 0.2) is 5.84 Å². The number of nitrogens with two attached hydrogens (primary N) is 1. The van der Waals surface area contributed by atoms with Crippen molar-refractivity contribution in [1.82, 2.24) is 0 Å². The van der Waals surface area contributed by atoms with Gasteiger partial charge in [-0.25, -0.2) is 4.79 Å². The molecule has 0 atom stereocenters. The standard InChI is InChI=1S/C15H13BrN2O2/c1-10-5-7-11(8-6-10)14(17)18-20-15(19)12-3-2-4-13(16)9-12/h2-9H,1H3,(H2,17,18). The van der Waals surface area contributed by atoms with Crippen LogP contribution in [0.1, 0.15) is 21.5 Å². The van der Waals surface area contributed by atoms with E-state index in [-0.39, 0.29) is 5.84 Å². The Morgan fingerprint density at radius 2 is 1.85 bits per heavy atom. The molecule has 4 nitrogen and oxygen atoms in total. The summed E-state index contributed by atoms with van der Waals surface area (Å²) in [5.74, 6) is -0.394. The summed E-state index contributed by atoms with van der Waals surface area (Å²) in [6.07, 6.45) is 0. The van der Waals surface area contributed by atoms with Gasteiger partial charge >= 0.3 is 5.97 Å². The number of benzene rings is 2. The predicted octanol–water partition coefficient (Wildman–Crippen LogP) is 3.23. The third-order valence-corrected chi connectivity index (χ3v) is 3.13. The minimum absolute atomic E-state index is 0.161. The molecule has 0 unspecified atom stereocenters. The Hall–Kier alpha value is -2.14. The second kappa shape index (κ2) is 6.34. The van der Waals surface area contributed by atoms with Crippen molar-refractivity contribution in [1.29, 1.82) is 0 Å². The van der Waals surface area contributed by atoms with Crippen molar-refractivity contribution >= 4 is 27.7 Å². The molecule has 0 bridgehead atoms. The number of hydrogen-bond donors (Lipinski definition) is 1. The second-order valence-electron chi connectivity index (χ2n) is 4.23. The van der Waals surface area contributed by atoms with E-state index in [1.54, 1.807) is 18.2 Å². The van der Waals surface area contributed by atoms with Crippen LogP contribution in [-0.2, 0) is 4.84 Å². The fourth-order valence-corrected chi connectivity index (χ4v) is 1.94. The number of aryl methyl sites for hydroxylation is 1. The van der Waals surface area contributed by atoms with Crippen LogP contribution < -0.4 is 5.73 Å². The average molecular weight is 333 g/mol. The van der Waals surface area contributed by atoms with Gasteiger partial charge in [0.05, 0.1) is 5.56 Å². The number of amidine groups is 1. The van der Waals surface area contributed by atoms with Gasteiger partial charge < -0.3 is 10.6 Å². The highest BCUT2D eigenvalue weighted by Gasteiger charge is 2.08. The first-order valence-corrected chi connectivity index (χ1v) is 6.73. The van der Waals surface area contributed by atoms with Crippen LogP contribution in [0.15, 0.2) is 58.2 Å². The molecule has 102 valence electrons. The molecule has 0 aliphatic carbocycles. The van der Waals surface area contributed by atoms with Crippen LogP contribution in [0.2, 0.25) is 0 Å². The number of halogens is 1. The van der Waals surface area contributed by atoms with Crippen LogP contribution in [-0.4, -0.2) is 11.8 Å². The van der Waals surface area contributed by atoms with Crippen LogP contribution in [0.3, 0.4) is 0 Å². The van der Waals surface area contributed by atoms with Gasteiger partial charge in [0.25, 0.3) is 0 Å². The average Bonchev–Trinajstić information content (AvgIpc) is 2.45. The zero-order valence-electron chi connectivity index (χ0n) is 10.8. The van der Waals surface area contributed by atoms with Crippen molar-refractivity contribution in [3.05, 3.63) is 69.7 Å². The van der Waals surface area contributed by atoms with Gasteiger partial charge in [-0.3, -0.25) is 0 Å². The predicted molar refractivity (Wildman–Crippen MR) is 81.5 cm³/mol. The van der Waals surface area contributed by atoms with Crippen LogP contribution in [0.25, 0.3) is 0 Å². The topological polar surface area (TPSA) is 64.7 Å². The van der Waals surface area contributed by atoms with Gasteiger partial charge in [-0.05, 0) is 25.1 Å². The monoisotopic (exact) mass is 332 g/mol. The van der Waals surface area contributed by atoms with E-state index in [1.165, 1.54) is 0 Å². The Morgan fingerprint density at radius 1 is 1.15 bits per heavy atom. The van der Waals surface area contributed by atoms with Crippen molar-refractivity contribution in [2.24, 2.45) is 10.9 Å². The maximum absolute atomic E-state index is 11.8. The lowest BCUT2D eigenvalue weighted by Gasteiger charge is -2.02. The third-order valence-electron chi connectivity index (χ3n) is 2.63. The van der Waals surface area contributed by atoms with Crippen molar-refractivity contribution in [3.63, 3.8) is 0 Å². The summed E-state index contributed by atoms with van der Waals surface area (Å²) in [6.45, 7) is 1.98. The molecular weight excluding hydrogens is 320 g/mol. The molecule has 0 saturated heterocycles. The molecule has 0 heterocycles. The molecule has 0 aliphatic heterocycles. The molecule has 2 aromatic carbocycles. The minimum atomic E-state index is -0.554. The lowest BCUT2D eigenvalue weighted by Crippen LogP contribution is -2.15. The first-order chi connectivity index (χ1) is 9.56. The maximum atomic E-state index is 11.8. The molecule has 0 radical (unpaired) electrons. The Labute approximate surface area is 125 Å².